The van der Waals surface area contributed by atoms with Gasteiger partial charge in [0.2, 0.25) is 0 Å². The molecule has 0 aromatic heterocycles. The van der Waals surface area contributed by atoms with Crippen LogP contribution in [-0.4, -0.2) is 32.1 Å². The second kappa shape index (κ2) is 7.97. The standard InChI is InChI=1S/C19H19IN2O3/c1-25-12-18(23)22-10-4-5-13-8-9-14(11-17(13)22)21-19(24)15-6-2-3-7-16(15)20/h2-3,6-9,11H,4-5,10,12H2,1H3,(H,21,24). The zero-order valence-corrected chi connectivity index (χ0v) is 16.1. The lowest BCUT2D eigenvalue weighted by Gasteiger charge is -2.30. The number of nitrogens with zero attached hydrogens (tertiary/aromatic N) is 1. The van der Waals surface area contributed by atoms with Crippen LogP contribution in [-0.2, 0) is 16.0 Å². The van der Waals surface area contributed by atoms with Gasteiger partial charge in [-0.1, -0.05) is 18.2 Å². The van der Waals surface area contributed by atoms with Crippen molar-refractivity contribution in [2.45, 2.75) is 12.8 Å². The fourth-order valence-electron chi connectivity index (χ4n) is 2.96. The van der Waals surface area contributed by atoms with Crippen LogP contribution in [0.15, 0.2) is 42.5 Å². The maximum absolute atomic E-state index is 12.5. The average molecular weight is 450 g/mol. The van der Waals surface area contributed by atoms with E-state index < -0.39 is 0 Å². The van der Waals surface area contributed by atoms with Gasteiger partial charge >= 0.3 is 0 Å². The number of anilines is 2. The van der Waals surface area contributed by atoms with E-state index in [4.69, 9.17) is 4.74 Å². The highest BCUT2D eigenvalue weighted by Gasteiger charge is 2.23. The minimum Gasteiger partial charge on any atom is -0.375 e. The maximum atomic E-state index is 12.5. The molecule has 0 unspecified atom stereocenters. The van der Waals surface area contributed by atoms with Gasteiger partial charge in [-0.2, -0.15) is 0 Å². The van der Waals surface area contributed by atoms with Crippen LogP contribution >= 0.6 is 22.6 Å². The molecular formula is C19H19IN2O3. The third-order valence-electron chi connectivity index (χ3n) is 4.15. The number of aryl methyl sites for hydroxylation is 1. The van der Waals surface area contributed by atoms with Crippen LogP contribution < -0.4 is 10.2 Å². The highest BCUT2D eigenvalue weighted by Crippen LogP contribution is 2.30. The van der Waals surface area contributed by atoms with Gasteiger partial charge < -0.3 is 15.0 Å². The molecule has 2 amide bonds. The second-order valence-corrected chi connectivity index (χ2v) is 7.02. The third kappa shape index (κ3) is 4.01. The normalized spacial score (nSPS) is 13.3. The second-order valence-electron chi connectivity index (χ2n) is 5.86. The van der Waals surface area contributed by atoms with Crippen LogP contribution in [0.25, 0.3) is 0 Å². The zero-order valence-electron chi connectivity index (χ0n) is 13.9. The van der Waals surface area contributed by atoms with Gasteiger partial charge in [-0.15, -0.1) is 0 Å². The smallest absolute Gasteiger partial charge is 0.256 e. The van der Waals surface area contributed by atoms with E-state index in [2.05, 4.69) is 27.9 Å². The monoisotopic (exact) mass is 450 g/mol. The summed E-state index contributed by atoms with van der Waals surface area (Å²) in [6, 6.07) is 13.2. The molecule has 0 radical (unpaired) electrons. The van der Waals surface area contributed by atoms with Gasteiger partial charge in [0.15, 0.2) is 0 Å². The summed E-state index contributed by atoms with van der Waals surface area (Å²) in [6.07, 6.45) is 1.85. The summed E-state index contributed by atoms with van der Waals surface area (Å²) >= 11 is 2.15. The molecular weight excluding hydrogens is 431 g/mol. The molecule has 1 N–H and O–H groups in total. The van der Waals surface area contributed by atoms with E-state index in [0.717, 1.165) is 27.7 Å². The Balaban J connectivity index is 1.85. The molecule has 0 bridgehead atoms. The van der Waals surface area contributed by atoms with E-state index >= 15 is 0 Å². The Morgan fingerprint density at radius 2 is 2.04 bits per heavy atom. The molecule has 25 heavy (non-hydrogen) atoms. The lowest BCUT2D eigenvalue weighted by Crippen LogP contribution is -2.37. The Kier molecular flexibility index (Phi) is 5.70. The topological polar surface area (TPSA) is 58.6 Å². The van der Waals surface area contributed by atoms with E-state index in [-0.39, 0.29) is 18.4 Å². The SMILES string of the molecule is COCC(=O)N1CCCc2ccc(NC(=O)c3ccccc3I)cc21. The summed E-state index contributed by atoms with van der Waals surface area (Å²) in [4.78, 5) is 26.5. The average Bonchev–Trinajstić information content (AvgIpc) is 2.61. The Labute approximate surface area is 160 Å². The van der Waals surface area contributed by atoms with Crippen molar-refractivity contribution in [3.05, 3.63) is 57.2 Å². The van der Waals surface area contributed by atoms with Crippen LogP contribution in [0.4, 0.5) is 11.4 Å². The van der Waals surface area contributed by atoms with Gasteiger partial charge in [-0.05, 0) is 65.3 Å². The largest absolute Gasteiger partial charge is 0.375 e. The van der Waals surface area contributed by atoms with Crippen molar-refractivity contribution in [2.75, 3.05) is 30.5 Å². The minimum atomic E-state index is -0.157. The number of carbonyl (C=O) groups is 2. The molecule has 2 aromatic rings. The van der Waals surface area contributed by atoms with Crippen molar-refractivity contribution in [3.8, 4) is 0 Å². The molecule has 0 spiro atoms. The zero-order chi connectivity index (χ0) is 17.8. The molecule has 6 heteroatoms. The van der Waals surface area contributed by atoms with E-state index in [9.17, 15) is 9.59 Å². The predicted octanol–water partition coefficient (Wildman–Crippen LogP) is 3.47. The highest BCUT2D eigenvalue weighted by molar-refractivity contribution is 14.1. The van der Waals surface area contributed by atoms with Gasteiger partial charge in [0, 0.05) is 28.6 Å². The Hall–Kier alpha value is -1.93. The first-order valence-corrected chi connectivity index (χ1v) is 9.16. The number of nitrogens with one attached hydrogen (secondary N) is 1. The van der Waals surface area contributed by atoms with E-state index in [0.29, 0.717) is 17.8 Å². The van der Waals surface area contributed by atoms with Gasteiger partial charge in [0.05, 0.1) is 5.56 Å². The Morgan fingerprint density at radius 1 is 1.24 bits per heavy atom. The molecule has 1 heterocycles. The summed E-state index contributed by atoms with van der Waals surface area (Å²) in [6.45, 7) is 0.724. The van der Waals surface area contributed by atoms with Crippen LogP contribution in [0.3, 0.4) is 0 Å². The first-order chi connectivity index (χ1) is 12.1. The molecule has 0 fully saturated rings. The van der Waals surface area contributed by atoms with E-state index in [1.165, 1.54) is 7.11 Å². The van der Waals surface area contributed by atoms with Crippen LogP contribution in [0.5, 0.6) is 0 Å². The fourth-order valence-corrected chi connectivity index (χ4v) is 3.59. The first kappa shape index (κ1) is 17.9. The minimum absolute atomic E-state index is 0.0538. The molecule has 0 atom stereocenters. The molecule has 1 aliphatic heterocycles. The Bertz CT molecular complexity index is 807. The van der Waals surface area contributed by atoms with Gasteiger partial charge in [-0.25, -0.2) is 0 Å². The number of methoxy groups -OCH3 is 1. The number of hydrogen-bond donors (Lipinski definition) is 1. The van der Waals surface area contributed by atoms with Gasteiger partial charge in [0.1, 0.15) is 6.61 Å². The van der Waals surface area contributed by atoms with Crippen LogP contribution in [0.1, 0.15) is 22.3 Å². The number of fused-ring (bicyclic) bond motifs is 1. The highest BCUT2D eigenvalue weighted by atomic mass is 127. The molecule has 3 rings (SSSR count). The molecule has 1 aliphatic rings. The number of ether oxygens (including phenoxy) is 1. The van der Waals surface area contributed by atoms with Crippen molar-refractivity contribution in [1.29, 1.82) is 0 Å². The van der Waals surface area contributed by atoms with Crippen molar-refractivity contribution < 1.29 is 14.3 Å². The summed E-state index contributed by atoms with van der Waals surface area (Å²) in [7, 11) is 1.51. The summed E-state index contributed by atoms with van der Waals surface area (Å²) in [5.74, 6) is -0.222. The molecule has 0 saturated carbocycles. The lowest BCUT2D eigenvalue weighted by molar-refractivity contribution is -0.122. The number of hydrogen-bond acceptors (Lipinski definition) is 3. The summed E-state index contributed by atoms with van der Waals surface area (Å²) in [5.41, 5.74) is 3.28. The fraction of sp³-hybridized carbons (Fsp3) is 0.263. The Morgan fingerprint density at radius 3 is 2.80 bits per heavy atom. The van der Waals surface area contributed by atoms with Crippen LogP contribution in [0.2, 0.25) is 0 Å². The van der Waals surface area contributed by atoms with Crippen molar-refractivity contribution >= 4 is 45.8 Å². The quantitative estimate of drug-likeness (QED) is 0.727. The van der Waals surface area contributed by atoms with E-state index in [1.807, 2.05) is 36.4 Å². The number of halogens is 1. The number of amides is 2. The first-order valence-electron chi connectivity index (χ1n) is 8.08. The van der Waals surface area contributed by atoms with Gasteiger partial charge in [-0.3, -0.25) is 9.59 Å². The summed E-state index contributed by atoms with van der Waals surface area (Å²) < 4.78 is 5.87. The summed E-state index contributed by atoms with van der Waals surface area (Å²) in [5, 5.41) is 2.93. The van der Waals surface area contributed by atoms with Crippen LogP contribution in [0, 0.1) is 3.57 Å². The number of carbonyl (C=O) groups excluding carboxylic acids is 2. The van der Waals surface area contributed by atoms with Gasteiger partial charge in [0.25, 0.3) is 11.8 Å². The maximum Gasteiger partial charge on any atom is 0.256 e. The number of benzene rings is 2. The lowest BCUT2D eigenvalue weighted by atomic mass is 10.0. The predicted molar refractivity (Wildman–Crippen MR) is 106 cm³/mol. The number of rotatable bonds is 4. The molecule has 130 valence electrons. The molecule has 0 aliphatic carbocycles. The molecule has 2 aromatic carbocycles. The van der Waals surface area contributed by atoms with Crippen molar-refractivity contribution in [1.82, 2.24) is 0 Å². The third-order valence-corrected chi connectivity index (χ3v) is 5.09. The van der Waals surface area contributed by atoms with E-state index in [1.54, 1.807) is 11.0 Å². The van der Waals surface area contributed by atoms with Crippen molar-refractivity contribution in [2.24, 2.45) is 0 Å². The molecule has 5 nitrogen and oxygen atoms in total. The molecule has 0 saturated heterocycles. The van der Waals surface area contributed by atoms with Crippen molar-refractivity contribution in [3.63, 3.8) is 0 Å².